The van der Waals surface area contributed by atoms with Gasteiger partial charge in [0, 0.05) is 11.1 Å². The molecule has 0 fully saturated rings. The Morgan fingerprint density at radius 3 is 2.58 bits per heavy atom. The van der Waals surface area contributed by atoms with Gasteiger partial charge >= 0.3 is 0 Å². The second kappa shape index (κ2) is 5.49. The Morgan fingerprint density at radius 1 is 1.26 bits per heavy atom. The smallest absolute Gasteiger partial charge is 0.240 e. The molecule has 8 heteroatoms. The molecule has 0 saturated heterocycles. The van der Waals surface area contributed by atoms with Crippen molar-refractivity contribution >= 4 is 43.4 Å². The maximum Gasteiger partial charge on any atom is 0.240 e. The van der Waals surface area contributed by atoms with Crippen LogP contribution in [0.2, 0.25) is 0 Å². The summed E-state index contributed by atoms with van der Waals surface area (Å²) in [4.78, 5) is 4.92. The van der Waals surface area contributed by atoms with Crippen LogP contribution in [0, 0.1) is 0 Å². The second-order valence-corrected chi connectivity index (χ2v) is 7.08. The molecule has 0 aliphatic heterocycles. The highest BCUT2D eigenvalue weighted by Gasteiger charge is 2.13. The summed E-state index contributed by atoms with van der Waals surface area (Å²) < 4.78 is 23.4. The zero-order chi connectivity index (χ0) is 14.0. The molecule has 0 radical (unpaired) electrons. The highest BCUT2D eigenvalue weighted by molar-refractivity contribution is 9.10. The van der Waals surface area contributed by atoms with Gasteiger partial charge in [0.2, 0.25) is 10.0 Å². The van der Waals surface area contributed by atoms with E-state index in [1.807, 2.05) is 12.1 Å². The van der Waals surface area contributed by atoms with Crippen molar-refractivity contribution in [1.82, 2.24) is 4.98 Å². The lowest BCUT2D eigenvalue weighted by molar-refractivity contribution is 0.598. The maximum absolute atomic E-state index is 11.2. The first-order chi connectivity index (χ1) is 8.88. The summed E-state index contributed by atoms with van der Waals surface area (Å²) in [6.07, 6.45) is 1.68. The number of rotatable bonds is 3. The number of hydrogen-bond donors (Lipinski definition) is 2. The molecule has 5 nitrogen and oxygen atoms in total. The lowest BCUT2D eigenvalue weighted by Crippen LogP contribution is -2.14. The Kier molecular flexibility index (Phi) is 4.14. The van der Waals surface area contributed by atoms with E-state index in [4.69, 9.17) is 10.9 Å². The van der Waals surface area contributed by atoms with Crippen LogP contribution in [0.15, 0.2) is 55.8 Å². The summed E-state index contributed by atoms with van der Waals surface area (Å²) >= 11 is 4.76. The Balaban J connectivity index is 2.34. The molecule has 2 rings (SSSR count). The van der Waals surface area contributed by atoms with Crippen molar-refractivity contribution in [3.05, 3.63) is 41.0 Å². The Labute approximate surface area is 123 Å². The molecule has 1 aromatic heterocycles. The van der Waals surface area contributed by atoms with E-state index in [2.05, 4.69) is 20.9 Å². The van der Waals surface area contributed by atoms with Crippen LogP contribution in [0.25, 0.3) is 0 Å². The van der Waals surface area contributed by atoms with Gasteiger partial charge in [-0.25, -0.2) is 18.5 Å². The molecule has 0 aliphatic carbocycles. The lowest BCUT2D eigenvalue weighted by Gasteiger charge is -2.07. The van der Waals surface area contributed by atoms with E-state index in [9.17, 15) is 8.42 Å². The van der Waals surface area contributed by atoms with E-state index < -0.39 is 10.0 Å². The second-order valence-electron chi connectivity index (χ2n) is 3.64. The minimum atomic E-state index is -3.79. The van der Waals surface area contributed by atoms with Crippen molar-refractivity contribution in [2.24, 2.45) is 5.14 Å². The van der Waals surface area contributed by atoms with Gasteiger partial charge in [0.25, 0.3) is 0 Å². The number of benzene rings is 1. The number of sulfonamides is 1. The monoisotopic (exact) mass is 359 g/mol. The molecule has 1 aromatic carbocycles. The quantitative estimate of drug-likeness (QED) is 0.818. The summed E-state index contributed by atoms with van der Waals surface area (Å²) in [5.41, 5.74) is 5.82. The fourth-order valence-electron chi connectivity index (χ4n) is 1.41. The normalized spacial score (nSPS) is 11.5. The first-order valence-electron chi connectivity index (χ1n) is 5.08. The lowest BCUT2D eigenvalue weighted by atomic mass is 10.3. The first-order valence-corrected chi connectivity index (χ1v) is 8.24. The fraction of sp³-hybridized carbons (Fsp3) is 0. The number of hydrogen-bond acceptors (Lipinski definition) is 5. The number of pyridine rings is 1. The van der Waals surface area contributed by atoms with Crippen molar-refractivity contribution in [1.29, 1.82) is 0 Å². The third-order valence-corrected chi connectivity index (χ3v) is 5.12. The van der Waals surface area contributed by atoms with Crippen LogP contribution >= 0.6 is 27.7 Å². The average Bonchev–Trinajstić information content (AvgIpc) is 2.30. The van der Waals surface area contributed by atoms with Gasteiger partial charge in [0.1, 0.15) is 9.92 Å². The Hall–Kier alpha value is -1.09. The molecule has 0 aliphatic rings. The molecule has 0 spiro atoms. The standard InChI is InChI=1S/C11H10BrN3O2S2/c12-8-2-1-5-15-11(8)18-7-3-4-10(9(13)6-7)19(14,16)17/h1-6H,13H2,(H2,14,16,17). The van der Waals surface area contributed by atoms with Crippen LogP contribution in [0.3, 0.4) is 0 Å². The third kappa shape index (κ3) is 3.47. The van der Waals surface area contributed by atoms with Crippen molar-refractivity contribution in [3.63, 3.8) is 0 Å². The molecule has 0 atom stereocenters. The van der Waals surface area contributed by atoms with E-state index in [-0.39, 0.29) is 10.6 Å². The van der Waals surface area contributed by atoms with Crippen LogP contribution in [0.5, 0.6) is 0 Å². The molecular formula is C11H10BrN3O2S2. The summed E-state index contributed by atoms with van der Waals surface area (Å²) in [6, 6.07) is 8.28. The van der Waals surface area contributed by atoms with Crippen LogP contribution in [0.4, 0.5) is 5.69 Å². The zero-order valence-corrected chi connectivity index (χ0v) is 12.8. The predicted octanol–water partition coefficient (Wildman–Crippen LogP) is 2.22. The largest absolute Gasteiger partial charge is 0.398 e. The molecule has 0 amide bonds. The number of primary sulfonamides is 1. The maximum atomic E-state index is 11.2. The number of nitrogen functional groups attached to an aromatic ring is 1. The molecule has 0 unspecified atom stereocenters. The van der Waals surface area contributed by atoms with Crippen LogP contribution in [0.1, 0.15) is 0 Å². The van der Waals surface area contributed by atoms with Crippen molar-refractivity contribution in [2.75, 3.05) is 5.73 Å². The van der Waals surface area contributed by atoms with E-state index >= 15 is 0 Å². The topological polar surface area (TPSA) is 99.1 Å². The predicted molar refractivity (Wildman–Crippen MR) is 78.3 cm³/mol. The first kappa shape index (κ1) is 14.3. The van der Waals surface area contributed by atoms with Crippen LogP contribution in [-0.2, 0) is 10.0 Å². The summed E-state index contributed by atoms with van der Waals surface area (Å²) in [7, 11) is -3.79. The minimum absolute atomic E-state index is 0.0723. The highest BCUT2D eigenvalue weighted by atomic mass is 79.9. The Bertz CT molecular complexity index is 720. The third-order valence-electron chi connectivity index (χ3n) is 2.23. The fourth-order valence-corrected chi connectivity index (χ4v) is 3.37. The molecule has 1 heterocycles. The van der Waals surface area contributed by atoms with Crippen molar-refractivity contribution in [3.8, 4) is 0 Å². The van der Waals surface area contributed by atoms with E-state index in [1.54, 1.807) is 18.3 Å². The summed E-state index contributed by atoms with van der Waals surface area (Å²) in [6.45, 7) is 0. The number of aromatic nitrogens is 1. The van der Waals surface area contributed by atoms with Crippen molar-refractivity contribution < 1.29 is 8.42 Å². The van der Waals surface area contributed by atoms with Crippen LogP contribution in [-0.4, -0.2) is 13.4 Å². The molecule has 4 N–H and O–H groups in total. The van der Waals surface area contributed by atoms with Crippen LogP contribution < -0.4 is 10.9 Å². The Morgan fingerprint density at radius 2 is 2.00 bits per heavy atom. The van der Waals surface area contributed by atoms with E-state index in [1.165, 1.54) is 17.8 Å². The van der Waals surface area contributed by atoms with Crippen molar-refractivity contribution in [2.45, 2.75) is 14.8 Å². The number of halogens is 1. The van der Waals surface area contributed by atoms with Gasteiger partial charge < -0.3 is 5.73 Å². The summed E-state index contributed by atoms with van der Waals surface area (Å²) in [5, 5.41) is 5.82. The van der Waals surface area contributed by atoms with Gasteiger partial charge in [-0.2, -0.15) is 0 Å². The van der Waals surface area contributed by atoms with Gasteiger partial charge in [0.15, 0.2) is 0 Å². The molecule has 0 bridgehead atoms. The average molecular weight is 360 g/mol. The molecule has 2 aromatic rings. The van der Waals surface area contributed by atoms with Gasteiger partial charge in [-0.15, -0.1) is 0 Å². The SMILES string of the molecule is Nc1cc(Sc2ncccc2Br)ccc1S(N)(=O)=O. The molecule has 19 heavy (non-hydrogen) atoms. The number of nitrogens with two attached hydrogens (primary N) is 2. The van der Waals surface area contributed by atoms with Gasteiger partial charge in [-0.05, 0) is 46.3 Å². The van der Waals surface area contributed by atoms with E-state index in [0.29, 0.717) is 0 Å². The zero-order valence-electron chi connectivity index (χ0n) is 9.58. The van der Waals surface area contributed by atoms with E-state index in [0.717, 1.165) is 14.4 Å². The van der Waals surface area contributed by atoms with Gasteiger partial charge in [-0.3, -0.25) is 0 Å². The van der Waals surface area contributed by atoms with Gasteiger partial charge in [-0.1, -0.05) is 11.8 Å². The van der Waals surface area contributed by atoms with Gasteiger partial charge in [0.05, 0.1) is 10.2 Å². The number of nitrogens with zero attached hydrogens (tertiary/aromatic N) is 1. The molecular weight excluding hydrogens is 350 g/mol. The highest BCUT2D eigenvalue weighted by Crippen LogP contribution is 2.33. The minimum Gasteiger partial charge on any atom is -0.398 e. The number of anilines is 1. The summed E-state index contributed by atoms with van der Waals surface area (Å²) in [5.74, 6) is 0. The molecule has 100 valence electrons. The molecule has 0 saturated carbocycles.